The minimum absolute atomic E-state index is 0.0798. The first kappa shape index (κ1) is 19.2. The van der Waals surface area contributed by atoms with E-state index in [2.05, 4.69) is 6.58 Å². The topological polar surface area (TPSA) is 44.8 Å². The minimum Gasteiger partial charge on any atom is -0.458 e. The fourth-order valence-corrected chi connectivity index (χ4v) is 2.58. The number of hydrogen-bond donors (Lipinski definition) is 0. The van der Waals surface area contributed by atoms with Crippen molar-refractivity contribution in [3.05, 3.63) is 96.1 Å². The molecule has 3 aromatic carbocycles. The Hall–Kier alpha value is -3.53. The highest BCUT2D eigenvalue weighted by atomic mass is 16.7. The van der Waals surface area contributed by atoms with Crippen molar-refractivity contribution in [1.82, 2.24) is 0 Å². The molecular weight excluding hydrogens is 352 g/mol. The number of rotatable bonds is 7. The number of allylic oxidation sites excluding steroid dienone is 1. The lowest BCUT2D eigenvalue weighted by molar-refractivity contribution is 0.0734. The second-order valence-corrected chi connectivity index (χ2v) is 6.39. The van der Waals surface area contributed by atoms with Gasteiger partial charge in [0.2, 0.25) is 6.79 Å². The highest BCUT2D eigenvalue weighted by Gasteiger charge is 2.09. The van der Waals surface area contributed by atoms with Crippen molar-refractivity contribution >= 4 is 11.5 Å². The minimum atomic E-state index is -0.393. The molecular formula is C24H22O4. The number of ether oxygens (including phenoxy) is 3. The molecule has 0 radical (unpaired) electrons. The Kier molecular flexibility index (Phi) is 6.12. The third kappa shape index (κ3) is 5.01. The van der Waals surface area contributed by atoms with Crippen LogP contribution >= 0.6 is 0 Å². The van der Waals surface area contributed by atoms with Crippen LogP contribution in [0.15, 0.2) is 79.4 Å². The molecule has 0 aliphatic heterocycles. The van der Waals surface area contributed by atoms with Gasteiger partial charge in [-0.1, -0.05) is 42.5 Å². The molecule has 4 nitrogen and oxygen atoms in total. The van der Waals surface area contributed by atoms with Crippen molar-refractivity contribution in [3.8, 4) is 17.2 Å². The van der Waals surface area contributed by atoms with Gasteiger partial charge in [-0.25, -0.2) is 4.79 Å². The summed E-state index contributed by atoms with van der Waals surface area (Å²) >= 11 is 0. The molecule has 4 heteroatoms. The Balaban J connectivity index is 1.55. The standard InChI is InChI=1S/C24H22O4/c1-17(2)19-9-11-21(12-10-19)26-16-27-23-14-13-22(15-18(23)3)28-24(25)20-7-5-4-6-8-20/h4-15H,1,16H2,2-3H3. The Morgan fingerprint density at radius 3 is 2.18 bits per heavy atom. The van der Waals surface area contributed by atoms with Gasteiger partial charge in [0.05, 0.1) is 5.56 Å². The van der Waals surface area contributed by atoms with E-state index in [1.165, 1.54) is 0 Å². The van der Waals surface area contributed by atoms with Crippen LogP contribution in [0.5, 0.6) is 17.2 Å². The van der Waals surface area contributed by atoms with E-state index in [1.807, 2.05) is 44.2 Å². The van der Waals surface area contributed by atoms with Gasteiger partial charge in [0.15, 0.2) is 0 Å². The van der Waals surface area contributed by atoms with Crippen LogP contribution in [0.2, 0.25) is 0 Å². The summed E-state index contributed by atoms with van der Waals surface area (Å²) in [6, 6.07) is 21.8. The Bertz CT molecular complexity index is 960. The van der Waals surface area contributed by atoms with Gasteiger partial charge < -0.3 is 14.2 Å². The lowest BCUT2D eigenvalue weighted by Gasteiger charge is -2.12. The molecule has 0 aliphatic carbocycles. The molecule has 3 rings (SSSR count). The molecule has 3 aromatic rings. The zero-order valence-corrected chi connectivity index (χ0v) is 16.0. The van der Waals surface area contributed by atoms with Gasteiger partial charge >= 0.3 is 5.97 Å². The summed E-state index contributed by atoms with van der Waals surface area (Å²) in [6.45, 7) is 7.84. The monoisotopic (exact) mass is 374 g/mol. The first-order valence-corrected chi connectivity index (χ1v) is 8.92. The molecule has 0 saturated heterocycles. The molecule has 0 aromatic heterocycles. The molecule has 0 bridgehead atoms. The molecule has 0 spiro atoms. The van der Waals surface area contributed by atoms with E-state index in [0.29, 0.717) is 17.1 Å². The van der Waals surface area contributed by atoms with Crippen molar-refractivity contribution < 1.29 is 19.0 Å². The third-order valence-electron chi connectivity index (χ3n) is 4.15. The second kappa shape index (κ2) is 8.91. The van der Waals surface area contributed by atoms with Crippen LogP contribution in [0.3, 0.4) is 0 Å². The predicted molar refractivity (Wildman–Crippen MR) is 110 cm³/mol. The van der Waals surface area contributed by atoms with Gasteiger partial charge in [0, 0.05) is 0 Å². The maximum absolute atomic E-state index is 12.1. The van der Waals surface area contributed by atoms with Crippen LogP contribution in [0.4, 0.5) is 0 Å². The Morgan fingerprint density at radius 2 is 1.54 bits per heavy atom. The molecule has 0 atom stereocenters. The van der Waals surface area contributed by atoms with E-state index >= 15 is 0 Å². The molecule has 0 unspecified atom stereocenters. The fraction of sp³-hybridized carbons (Fsp3) is 0.125. The molecule has 0 saturated carbocycles. The number of aryl methyl sites for hydroxylation is 1. The van der Waals surface area contributed by atoms with Gasteiger partial charge in [0.25, 0.3) is 0 Å². The molecule has 28 heavy (non-hydrogen) atoms. The average Bonchev–Trinajstić information content (AvgIpc) is 2.70. The summed E-state index contributed by atoms with van der Waals surface area (Å²) in [4.78, 5) is 12.1. The van der Waals surface area contributed by atoms with E-state index in [1.54, 1.807) is 42.5 Å². The van der Waals surface area contributed by atoms with Crippen LogP contribution in [0.1, 0.15) is 28.4 Å². The summed E-state index contributed by atoms with van der Waals surface area (Å²) in [5.74, 6) is 1.46. The molecule has 0 heterocycles. The van der Waals surface area contributed by atoms with Crippen LogP contribution in [-0.2, 0) is 0 Å². The smallest absolute Gasteiger partial charge is 0.343 e. The van der Waals surface area contributed by atoms with Gasteiger partial charge in [-0.2, -0.15) is 0 Å². The van der Waals surface area contributed by atoms with Gasteiger partial charge in [-0.3, -0.25) is 0 Å². The number of esters is 1. The molecule has 142 valence electrons. The Morgan fingerprint density at radius 1 is 0.857 bits per heavy atom. The van der Waals surface area contributed by atoms with Gasteiger partial charge in [-0.15, -0.1) is 0 Å². The largest absolute Gasteiger partial charge is 0.458 e. The maximum atomic E-state index is 12.1. The van der Waals surface area contributed by atoms with Crippen LogP contribution in [0.25, 0.3) is 5.57 Å². The lowest BCUT2D eigenvalue weighted by Crippen LogP contribution is -2.09. The second-order valence-electron chi connectivity index (χ2n) is 6.39. The zero-order valence-electron chi connectivity index (χ0n) is 16.0. The van der Waals surface area contributed by atoms with Gasteiger partial charge in [-0.05, 0) is 67.4 Å². The van der Waals surface area contributed by atoms with Crippen molar-refractivity contribution in [3.63, 3.8) is 0 Å². The third-order valence-corrected chi connectivity index (χ3v) is 4.15. The molecule has 0 amide bonds. The lowest BCUT2D eigenvalue weighted by atomic mass is 10.1. The Labute approximate surface area is 165 Å². The van der Waals surface area contributed by atoms with E-state index in [0.717, 1.165) is 22.4 Å². The van der Waals surface area contributed by atoms with E-state index in [-0.39, 0.29) is 6.79 Å². The van der Waals surface area contributed by atoms with Crippen molar-refractivity contribution in [1.29, 1.82) is 0 Å². The summed E-state index contributed by atoms with van der Waals surface area (Å²) in [6.07, 6.45) is 0. The number of benzene rings is 3. The van der Waals surface area contributed by atoms with Gasteiger partial charge in [0.1, 0.15) is 17.2 Å². The van der Waals surface area contributed by atoms with Crippen molar-refractivity contribution in [2.45, 2.75) is 13.8 Å². The maximum Gasteiger partial charge on any atom is 0.343 e. The fourth-order valence-electron chi connectivity index (χ4n) is 2.58. The van der Waals surface area contributed by atoms with E-state index < -0.39 is 5.97 Å². The first-order chi connectivity index (χ1) is 13.5. The highest BCUT2D eigenvalue weighted by Crippen LogP contribution is 2.24. The SMILES string of the molecule is C=C(C)c1ccc(OCOc2ccc(OC(=O)c3ccccc3)cc2C)cc1. The normalized spacial score (nSPS) is 10.2. The number of hydrogen-bond acceptors (Lipinski definition) is 4. The summed E-state index contributed by atoms with van der Waals surface area (Å²) in [5.41, 5.74) is 3.43. The summed E-state index contributed by atoms with van der Waals surface area (Å²) < 4.78 is 16.7. The summed E-state index contributed by atoms with van der Waals surface area (Å²) in [5, 5.41) is 0. The van der Waals surface area contributed by atoms with Crippen LogP contribution in [0, 0.1) is 6.92 Å². The van der Waals surface area contributed by atoms with Crippen molar-refractivity contribution in [2.24, 2.45) is 0 Å². The molecule has 0 aliphatic rings. The number of carbonyl (C=O) groups is 1. The van der Waals surface area contributed by atoms with Crippen LogP contribution in [-0.4, -0.2) is 12.8 Å². The number of carbonyl (C=O) groups excluding carboxylic acids is 1. The molecule has 0 N–H and O–H groups in total. The molecule has 0 fully saturated rings. The zero-order chi connectivity index (χ0) is 19.9. The first-order valence-electron chi connectivity index (χ1n) is 8.92. The summed E-state index contributed by atoms with van der Waals surface area (Å²) in [7, 11) is 0. The van der Waals surface area contributed by atoms with Crippen molar-refractivity contribution in [2.75, 3.05) is 6.79 Å². The van der Waals surface area contributed by atoms with E-state index in [9.17, 15) is 4.79 Å². The van der Waals surface area contributed by atoms with E-state index in [4.69, 9.17) is 14.2 Å². The van der Waals surface area contributed by atoms with Crippen LogP contribution < -0.4 is 14.2 Å². The quantitative estimate of drug-likeness (QED) is 0.304. The predicted octanol–water partition coefficient (Wildman–Crippen LogP) is 5.66. The average molecular weight is 374 g/mol. The highest BCUT2D eigenvalue weighted by molar-refractivity contribution is 5.91.